The number of carbonyl (C=O) groups excluding carboxylic acids is 2. The number of benzene rings is 1. The van der Waals surface area contributed by atoms with Gasteiger partial charge in [0.25, 0.3) is 5.91 Å². The van der Waals surface area contributed by atoms with Gasteiger partial charge in [-0.15, -0.1) is 0 Å². The molecule has 2 saturated heterocycles. The summed E-state index contributed by atoms with van der Waals surface area (Å²) in [7, 11) is 0. The molecule has 0 aliphatic carbocycles. The highest BCUT2D eigenvalue weighted by Gasteiger charge is 2.37. The number of nitrogens with zero attached hydrogens (tertiary/aromatic N) is 2. The van der Waals surface area contributed by atoms with E-state index in [9.17, 15) is 14.0 Å². The van der Waals surface area contributed by atoms with E-state index < -0.39 is 0 Å². The Morgan fingerprint density at radius 3 is 3.00 bits per heavy atom. The zero-order chi connectivity index (χ0) is 15.3. The largest absolute Gasteiger partial charge is 0.350 e. The summed E-state index contributed by atoms with van der Waals surface area (Å²) in [5.74, 6) is -0.279. The summed E-state index contributed by atoms with van der Waals surface area (Å²) in [6, 6.07) is 6.45. The fourth-order valence-corrected chi connectivity index (χ4v) is 3.45. The maximum atomic E-state index is 13.7. The van der Waals surface area contributed by atoms with Crippen LogP contribution in [0.2, 0.25) is 0 Å². The van der Waals surface area contributed by atoms with Crippen molar-refractivity contribution in [1.82, 2.24) is 14.8 Å². The molecule has 4 rings (SSSR count). The van der Waals surface area contributed by atoms with Crippen LogP contribution in [0.4, 0.5) is 4.39 Å². The van der Waals surface area contributed by atoms with Gasteiger partial charge in [0.15, 0.2) is 0 Å². The maximum absolute atomic E-state index is 13.7. The first-order valence-electron chi connectivity index (χ1n) is 7.49. The van der Waals surface area contributed by atoms with Crippen LogP contribution in [-0.4, -0.2) is 52.3 Å². The second-order valence-corrected chi connectivity index (χ2v) is 5.91. The Balaban J connectivity index is 1.58. The number of halogens is 1. The van der Waals surface area contributed by atoms with Crippen LogP contribution in [0.15, 0.2) is 24.3 Å². The third-order valence-electron chi connectivity index (χ3n) is 4.62. The van der Waals surface area contributed by atoms with E-state index in [2.05, 4.69) is 4.98 Å². The monoisotopic (exact) mass is 301 g/mol. The number of rotatable bonds is 1. The molecule has 6 heteroatoms. The van der Waals surface area contributed by atoms with Crippen molar-refractivity contribution in [1.29, 1.82) is 0 Å². The second-order valence-electron chi connectivity index (χ2n) is 5.91. The van der Waals surface area contributed by atoms with Gasteiger partial charge in [-0.25, -0.2) is 4.39 Å². The second kappa shape index (κ2) is 4.83. The molecule has 0 bridgehead atoms. The highest BCUT2D eigenvalue weighted by Crippen LogP contribution is 2.25. The number of amides is 2. The molecule has 22 heavy (non-hydrogen) atoms. The smallest absolute Gasteiger partial charge is 0.270 e. The summed E-state index contributed by atoms with van der Waals surface area (Å²) in [4.78, 5) is 30.9. The van der Waals surface area contributed by atoms with Crippen molar-refractivity contribution in [2.75, 3.05) is 19.6 Å². The Morgan fingerprint density at radius 1 is 1.32 bits per heavy atom. The van der Waals surface area contributed by atoms with Crippen LogP contribution < -0.4 is 0 Å². The molecular weight excluding hydrogens is 285 g/mol. The minimum atomic E-state index is -0.334. The SMILES string of the molecule is O=C(c1cc2c(F)cccc2[nH]1)N1CCN2C(=O)CCC2C1. The number of carbonyl (C=O) groups is 2. The molecule has 3 heterocycles. The average Bonchev–Trinajstić information content (AvgIpc) is 3.11. The van der Waals surface area contributed by atoms with Gasteiger partial charge in [-0.3, -0.25) is 9.59 Å². The van der Waals surface area contributed by atoms with Gasteiger partial charge in [0.05, 0.1) is 0 Å². The van der Waals surface area contributed by atoms with Gasteiger partial charge in [0.2, 0.25) is 5.91 Å². The molecule has 2 aliphatic rings. The number of hydrogen-bond donors (Lipinski definition) is 1. The molecule has 0 radical (unpaired) electrons. The molecule has 0 saturated carbocycles. The lowest BCUT2D eigenvalue weighted by Gasteiger charge is -2.37. The minimum Gasteiger partial charge on any atom is -0.350 e. The Labute approximate surface area is 126 Å². The topological polar surface area (TPSA) is 56.4 Å². The molecule has 2 fully saturated rings. The minimum absolute atomic E-state index is 0.130. The number of nitrogens with one attached hydrogen (secondary N) is 1. The number of fused-ring (bicyclic) bond motifs is 2. The first kappa shape index (κ1) is 13.3. The Kier molecular flexibility index (Phi) is 2.92. The maximum Gasteiger partial charge on any atom is 0.270 e. The van der Waals surface area contributed by atoms with E-state index in [0.29, 0.717) is 42.7 Å². The van der Waals surface area contributed by atoms with Crippen molar-refractivity contribution in [3.8, 4) is 0 Å². The predicted molar refractivity (Wildman–Crippen MR) is 78.9 cm³/mol. The predicted octanol–water partition coefficient (Wildman–Crippen LogP) is 1.75. The van der Waals surface area contributed by atoms with Crippen LogP contribution in [-0.2, 0) is 4.79 Å². The van der Waals surface area contributed by atoms with E-state index in [0.717, 1.165) is 6.42 Å². The molecule has 2 aliphatic heterocycles. The quantitative estimate of drug-likeness (QED) is 0.872. The highest BCUT2D eigenvalue weighted by molar-refractivity contribution is 5.98. The molecule has 2 aromatic rings. The molecule has 114 valence electrons. The Morgan fingerprint density at radius 2 is 2.18 bits per heavy atom. The van der Waals surface area contributed by atoms with Gasteiger partial charge in [-0.2, -0.15) is 0 Å². The van der Waals surface area contributed by atoms with Gasteiger partial charge >= 0.3 is 0 Å². The number of hydrogen-bond acceptors (Lipinski definition) is 2. The van der Waals surface area contributed by atoms with E-state index >= 15 is 0 Å². The lowest BCUT2D eigenvalue weighted by Crippen LogP contribution is -2.53. The first-order valence-corrected chi connectivity index (χ1v) is 7.49. The van der Waals surface area contributed by atoms with Crippen LogP contribution in [0.1, 0.15) is 23.3 Å². The molecule has 0 spiro atoms. The van der Waals surface area contributed by atoms with Gasteiger partial charge in [-0.05, 0) is 24.6 Å². The van der Waals surface area contributed by atoms with Gasteiger partial charge in [-0.1, -0.05) is 6.07 Å². The van der Waals surface area contributed by atoms with Crippen molar-refractivity contribution in [3.63, 3.8) is 0 Å². The normalized spacial score (nSPS) is 21.5. The zero-order valence-electron chi connectivity index (χ0n) is 12.0. The van der Waals surface area contributed by atoms with Crippen molar-refractivity contribution < 1.29 is 14.0 Å². The molecule has 5 nitrogen and oxygen atoms in total. The zero-order valence-corrected chi connectivity index (χ0v) is 12.0. The van der Waals surface area contributed by atoms with Crippen molar-refractivity contribution >= 4 is 22.7 Å². The average molecular weight is 301 g/mol. The standard InChI is InChI=1S/C16H16FN3O2/c17-12-2-1-3-13-11(12)8-14(18-13)16(22)19-6-7-20-10(9-19)4-5-15(20)21/h1-3,8,10,18H,4-7,9H2. The molecule has 2 amide bonds. The van der Waals surface area contributed by atoms with Crippen LogP contribution >= 0.6 is 0 Å². The number of aromatic amines is 1. The molecule has 1 aromatic carbocycles. The van der Waals surface area contributed by atoms with Crippen molar-refractivity contribution in [3.05, 3.63) is 35.8 Å². The summed E-state index contributed by atoms with van der Waals surface area (Å²) in [6.45, 7) is 1.67. The molecule has 1 atom stereocenters. The van der Waals surface area contributed by atoms with Crippen LogP contribution in [0.25, 0.3) is 10.9 Å². The summed E-state index contributed by atoms with van der Waals surface area (Å²) in [6.07, 6.45) is 1.38. The summed E-state index contributed by atoms with van der Waals surface area (Å²) >= 11 is 0. The summed E-state index contributed by atoms with van der Waals surface area (Å²) in [5.41, 5.74) is 1.02. The van der Waals surface area contributed by atoms with Gasteiger partial charge in [0.1, 0.15) is 11.5 Å². The Bertz CT molecular complexity index is 770. The first-order chi connectivity index (χ1) is 10.6. The van der Waals surface area contributed by atoms with Gasteiger partial charge in [0, 0.05) is 43.0 Å². The molecule has 1 unspecified atom stereocenters. The van der Waals surface area contributed by atoms with E-state index in [-0.39, 0.29) is 23.7 Å². The summed E-state index contributed by atoms with van der Waals surface area (Å²) in [5, 5.41) is 0.431. The Hall–Kier alpha value is -2.37. The number of piperazine rings is 1. The van der Waals surface area contributed by atoms with Crippen LogP contribution in [0, 0.1) is 5.82 Å². The van der Waals surface area contributed by atoms with E-state index in [1.54, 1.807) is 23.1 Å². The lowest BCUT2D eigenvalue weighted by atomic mass is 10.1. The lowest BCUT2D eigenvalue weighted by molar-refractivity contribution is -0.130. The number of H-pyrrole nitrogens is 1. The third kappa shape index (κ3) is 1.98. The molecular formula is C16H16FN3O2. The molecule has 1 aromatic heterocycles. The van der Waals surface area contributed by atoms with E-state index in [1.165, 1.54) is 6.07 Å². The fourth-order valence-electron chi connectivity index (χ4n) is 3.45. The molecule has 1 N–H and O–H groups in total. The van der Waals surface area contributed by atoms with Crippen molar-refractivity contribution in [2.24, 2.45) is 0 Å². The third-order valence-corrected chi connectivity index (χ3v) is 4.62. The van der Waals surface area contributed by atoms with Gasteiger partial charge < -0.3 is 14.8 Å². The van der Waals surface area contributed by atoms with Crippen molar-refractivity contribution in [2.45, 2.75) is 18.9 Å². The number of aromatic nitrogens is 1. The summed E-state index contributed by atoms with van der Waals surface area (Å²) < 4.78 is 13.7. The van der Waals surface area contributed by atoms with Crippen LogP contribution in [0.5, 0.6) is 0 Å². The van der Waals surface area contributed by atoms with E-state index in [4.69, 9.17) is 0 Å². The van der Waals surface area contributed by atoms with E-state index in [1.807, 2.05) is 4.90 Å². The highest BCUT2D eigenvalue weighted by atomic mass is 19.1. The fraction of sp³-hybridized carbons (Fsp3) is 0.375. The van der Waals surface area contributed by atoms with Crippen LogP contribution in [0.3, 0.4) is 0 Å².